The van der Waals surface area contributed by atoms with E-state index in [-0.39, 0.29) is 29.4 Å². The van der Waals surface area contributed by atoms with Crippen LogP contribution >= 0.6 is 0 Å². The third kappa shape index (κ3) is 3.30. The summed E-state index contributed by atoms with van der Waals surface area (Å²) < 4.78 is 10.5. The van der Waals surface area contributed by atoms with E-state index in [9.17, 15) is 19.8 Å². The number of likely N-dealkylation sites (tertiary alicyclic amines) is 1. The molecule has 2 aromatic carbocycles. The zero-order valence-corrected chi connectivity index (χ0v) is 16.1. The Morgan fingerprint density at radius 1 is 1.10 bits per heavy atom. The first-order chi connectivity index (χ1) is 14.5. The van der Waals surface area contributed by atoms with Crippen LogP contribution in [0.15, 0.2) is 76.9 Å². The second-order valence-electron chi connectivity index (χ2n) is 6.80. The predicted molar refractivity (Wildman–Crippen MR) is 108 cm³/mol. The highest BCUT2D eigenvalue weighted by atomic mass is 16.5. The summed E-state index contributed by atoms with van der Waals surface area (Å²) in [4.78, 5) is 27.2. The van der Waals surface area contributed by atoms with E-state index in [1.165, 1.54) is 24.3 Å². The number of methoxy groups -OCH3 is 1. The van der Waals surface area contributed by atoms with E-state index in [2.05, 4.69) is 0 Å². The lowest BCUT2D eigenvalue weighted by Crippen LogP contribution is -2.29. The zero-order chi connectivity index (χ0) is 21.3. The quantitative estimate of drug-likeness (QED) is 0.382. The molecule has 0 radical (unpaired) electrons. The summed E-state index contributed by atoms with van der Waals surface area (Å²) in [6.45, 7) is 0.0387. The average molecular weight is 405 g/mol. The Labute approximate surface area is 172 Å². The minimum absolute atomic E-state index is 0.0366. The minimum atomic E-state index is -0.884. The third-order valence-electron chi connectivity index (χ3n) is 5.01. The monoisotopic (exact) mass is 405 g/mol. The first-order valence-corrected chi connectivity index (χ1v) is 9.24. The highest BCUT2D eigenvalue weighted by Crippen LogP contribution is 2.42. The fraction of sp³-hybridized carbons (Fsp3) is 0.130. The normalized spacial score (nSPS) is 18.0. The number of carbonyl (C=O) groups excluding carboxylic acids is 2. The molecule has 7 nitrogen and oxygen atoms in total. The van der Waals surface area contributed by atoms with Gasteiger partial charge in [0.15, 0.2) is 11.5 Å². The Balaban J connectivity index is 1.89. The Hall–Kier alpha value is -4.00. The van der Waals surface area contributed by atoms with Crippen LogP contribution in [0.3, 0.4) is 0 Å². The molecular weight excluding hydrogens is 386 g/mol. The Morgan fingerprint density at radius 3 is 2.53 bits per heavy atom. The highest BCUT2D eigenvalue weighted by Gasteiger charge is 2.46. The first kappa shape index (κ1) is 19.3. The van der Waals surface area contributed by atoms with E-state index in [1.807, 2.05) is 0 Å². The van der Waals surface area contributed by atoms with Gasteiger partial charge in [-0.2, -0.15) is 0 Å². The van der Waals surface area contributed by atoms with E-state index in [0.717, 1.165) is 0 Å². The van der Waals surface area contributed by atoms with Crippen molar-refractivity contribution in [2.45, 2.75) is 12.6 Å². The van der Waals surface area contributed by atoms with Gasteiger partial charge in [-0.15, -0.1) is 0 Å². The minimum Gasteiger partial charge on any atom is -0.507 e. The van der Waals surface area contributed by atoms with Crippen LogP contribution in [0, 0.1) is 0 Å². The largest absolute Gasteiger partial charge is 0.507 e. The molecule has 1 amide bonds. The molecule has 0 saturated carbocycles. The lowest BCUT2D eigenvalue weighted by Gasteiger charge is -2.25. The number of aliphatic hydroxyl groups is 1. The number of Topliss-reactive ketones (excluding diaryl/α,β-unsaturated/α-hetero) is 1. The van der Waals surface area contributed by atoms with Crippen molar-refractivity contribution in [3.8, 4) is 11.5 Å². The second-order valence-corrected chi connectivity index (χ2v) is 6.80. The topological polar surface area (TPSA) is 100 Å². The summed E-state index contributed by atoms with van der Waals surface area (Å²) in [5.41, 5.74) is 0.891. The molecule has 1 atom stereocenters. The number of benzene rings is 2. The van der Waals surface area contributed by atoms with Gasteiger partial charge >= 0.3 is 0 Å². The molecule has 1 aliphatic rings. The molecule has 0 bridgehead atoms. The highest BCUT2D eigenvalue weighted by molar-refractivity contribution is 6.46. The molecule has 1 unspecified atom stereocenters. The van der Waals surface area contributed by atoms with Crippen molar-refractivity contribution in [3.63, 3.8) is 0 Å². The van der Waals surface area contributed by atoms with Crippen molar-refractivity contribution < 1.29 is 29.0 Å². The molecule has 3 aromatic rings. The molecule has 7 heteroatoms. The molecule has 30 heavy (non-hydrogen) atoms. The summed E-state index contributed by atoms with van der Waals surface area (Å²) in [6, 6.07) is 15.6. The number of ketones is 1. The number of ether oxygens (including phenoxy) is 1. The lowest BCUT2D eigenvalue weighted by atomic mass is 9.95. The van der Waals surface area contributed by atoms with Crippen molar-refractivity contribution in [1.29, 1.82) is 0 Å². The van der Waals surface area contributed by atoms with Gasteiger partial charge in [0, 0.05) is 5.56 Å². The molecule has 152 valence electrons. The van der Waals surface area contributed by atoms with Crippen molar-refractivity contribution >= 4 is 17.4 Å². The van der Waals surface area contributed by atoms with Crippen molar-refractivity contribution in [2.75, 3.05) is 7.11 Å². The van der Waals surface area contributed by atoms with Crippen molar-refractivity contribution in [1.82, 2.24) is 4.90 Å². The molecule has 1 aliphatic heterocycles. The molecule has 0 aliphatic carbocycles. The van der Waals surface area contributed by atoms with E-state index in [1.54, 1.807) is 54.6 Å². The molecule has 4 rings (SSSR count). The Bertz CT molecular complexity index is 1120. The summed E-state index contributed by atoms with van der Waals surface area (Å²) in [6.07, 6.45) is 1.48. The van der Waals surface area contributed by atoms with Crippen LogP contribution < -0.4 is 4.74 Å². The number of aliphatic hydroxyl groups excluding tert-OH is 1. The van der Waals surface area contributed by atoms with Gasteiger partial charge in [0.05, 0.1) is 31.5 Å². The number of furan rings is 1. The van der Waals surface area contributed by atoms with Crippen LogP contribution in [0.4, 0.5) is 0 Å². The molecular formula is C23H19NO6. The maximum absolute atomic E-state index is 12.9. The van der Waals surface area contributed by atoms with Gasteiger partial charge in [-0.05, 0) is 29.8 Å². The zero-order valence-electron chi connectivity index (χ0n) is 16.1. The van der Waals surface area contributed by atoms with Gasteiger partial charge in [0.2, 0.25) is 0 Å². The van der Waals surface area contributed by atoms with Crippen molar-refractivity contribution in [3.05, 3.63) is 89.4 Å². The molecule has 0 spiro atoms. The van der Waals surface area contributed by atoms with E-state index in [4.69, 9.17) is 9.15 Å². The van der Waals surface area contributed by atoms with Crippen LogP contribution in [0.25, 0.3) is 5.76 Å². The van der Waals surface area contributed by atoms with Gasteiger partial charge < -0.3 is 24.3 Å². The van der Waals surface area contributed by atoms with E-state index < -0.39 is 17.7 Å². The van der Waals surface area contributed by atoms with Crippen LogP contribution in [-0.4, -0.2) is 33.9 Å². The Kier molecular flexibility index (Phi) is 5.02. The summed E-state index contributed by atoms with van der Waals surface area (Å²) in [7, 11) is 1.41. The number of hydrogen-bond donors (Lipinski definition) is 2. The lowest BCUT2D eigenvalue weighted by molar-refractivity contribution is -0.140. The van der Waals surface area contributed by atoms with Gasteiger partial charge in [-0.25, -0.2) is 0 Å². The number of nitrogens with zero attached hydrogens (tertiary/aromatic N) is 1. The maximum atomic E-state index is 12.9. The average Bonchev–Trinajstić information content (AvgIpc) is 3.37. The van der Waals surface area contributed by atoms with Gasteiger partial charge in [-0.1, -0.05) is 36.4 Å². The number of phenols is 1. The first-order valence-electron chi connectivity index (χ1n) is 9.24. The van der Waals surface area contributed by atoms with Crippen LogP contribution in [-0.2, 0) is 16.1 Å². The summed E-state index contributed by atoms with van der Waals surface area (Å²) >= 11 is 0. The number of amides is 1. The van der Waals surface area contributed by atoms with Gasteiger partial charge in [0.25, 0.3) is 11.7 Å². The van der Waals surface area contributed by atoms with E-state index >= 15 is 0 Å². The molecule has 1 fully saturated rings. The maximum Gasteiger partial charge on any atom is 0.296 e. The number of hydrogen-bond acceptors (Lipinski definition) is 6. The van der Waals surface area contributed by atoms with Crippen LogP contribution in [0.1, 0.15) is 22.9 Å². The standard InChI is InChI=1S/C23H19NO6/c1-29-18-12-15(9-10-17(18)25)20-19(21(26)14-6-3-2-4-7-14)22(27)23(28)24(20)13-16-8-5-11-30-16/h2-12,20,25-26H,13H2,1H3. The number of rotatable bonds is 5. The third-order valence-corrected chi connectivity index (χ3v) is 5.01. The van der Waals surface area contributed by atoms with E-state index in [0.29, 0.717) is 16.9 Å². The SMILES string of the molecule is COc1cc(C2C(=C(O)c3ccccc3)C(=O)C(=O)N2Cc2ccco2)ccc1O. The van der Waals surface area contributed by atoms with Crippen molar-refractivity contribution in [2.24, 2.45) is 0 Å². The van der Waals surface area contributed by atoms with Gasteiger partial charge in [-0.3, -0.25) is 9.59 Å². The molecule has 2 N–H and O–H groups in total. The number of phenolic OH excluding ortho intramolecular Hbond substituents is 1. The molecule has 1 saturated heterocycles. The number of aromatic hydroxyl groups is 1. The smallest absolute Gasteiger partial charge is 0.296 e. The Morgan fingerprint density at radius 2 is 1.87 bits per heavy atom. The summed E-state index contributed by atoms with van der Waals surface area (Å²) in [5, 5.41) is 20.9. The second kappa shape index (κ2) is 7.79. The van der Waals surface area contributed by atoms with Crippen LogP contribution in [0.2, 0.25) is 0 Å². The number of carbonyl (C=O) groups is 2. The van der Waals surface area contributed by atoms with Crippen LogP contribution in [0.5, 0.6) is 11.5 Å². The fourth-order valence-corrected chi connectivity index (χ4v) is 3.58. The predicted octanol–water partition coefficient (Wildman–Crippen LogP) is 3.62. The summed E-state index contributed by atoms with van der Waals surface area (Å²) in [5.74, 6) is -1.20. The molecule has 1 aromatic heterocycles. The molecule has 2 heterocycles. The fourth-order valence-electron chi connectivity index (χ4n) is 3.58. The van der Waals surface area contributed by atoms with Gasteiger partial charge in [0.1, 0.15) is 11.5 Å².